The predicted molar refractivity (Wildman–Crippen MR) is 107 cm³/mol. The molecule has 1 aromatic heterocycles. The highest BCUT2D eigenvalue weighted by molar-refractivity contribution is 7.16. The molecule has 0 unspecified atom stereocenters. The molecular weight excluding hydrogens is 401 g/mol. The third-order valence-electron chi connectivity index (χ3n) is 4.60. The van der Waals surface area contributed by atoms with Gasteiger partial charge in [-0.1, -0.05) is 17.4 Å². The van der Waals surface area contributed by atoms with Crippen molar-refractivity contribution < 1.29 is 22.7 Å². The smallest absolute Gasteiger partial charge is 0.380 e. The van der Waals surface area contributed by atoms with Crippen molar-refractivity contribution in [2.24, 2.45) is 4.99 Å². The zero-order valence-corrected chi connectivity index (χ0v) is 17.2. The van der Waals surface area contributed by atoms with Gasteiger partial charge in [-0.3, -0.25) is 4.79 Å². The van der Waals surface area contributed by atoms with Crippen LogP contribution in [0.25, 0.3) is 10.2 Å². The number of halogens is 3. The third-order valence-corrected chi connectivity index (χ3v) is 5.64. The van der Waals surface area contributed by atoms with Gasteiger partial charge in [-0.15, -0.1) is 0 Å². The number of fused-ring (bicyclic) bond motifs is 1. The van der Waals surface area contributed by atoms with Crippen LogP contribution in [-0.4, -0.2) is 23.7 Å². The first-order valence-electron chi connectivity index (χ1n) is 9.15. The molecule has 154 valence electrons. The molecule has 0 N–H and O–H groups in total. The number of aromatic nitrogens is 1. The Morgan fingerprint density at radius 3 is 2.59 bits per heavy atom. The Labute approximate surface area is 170 Å². The van der Waals surface area contributed by atoms with E-state index in [1.807, 2.05) is 37.5 Å². The number of ether oxygens (including phenoxy) is 1. The molecule has 0 saturated heterocycles. The van der Waals surface area contributed by atoms with Crippen LogP contribution < -0.4 is 4.80 Å². The number of thiazole rings is 1. The van der Waals surface area contributed by atoms with Crippen molar-refractivity contribution in [3.05, 3.63) is 63.5 Å². The molecule has 0 aliphatic heterocycles. The minimum atomic E-state index is -4.51. The van der Waals surface area contributed by atoms with Crippen molar-refractivity contribution in [2.45, 2.75) is 33.5 Å². The van der Waals surface area contributed by atoms with Gasteiger partial charge in [0.25, 0.3) is 5.91 Å². The molecule has 8 heteroatoms. The van der Waals surface area contributed by atoms with Gasteiger partial charge in [0.05, 0.1) is 22.4 Å². The summed E-state index contributed by atoms with van der Waals surface area (Å²) >= 11 is 1.34. The highest BCUT2D eigenvalue weighted by Gasteiger charge is 2.30. The summed E-state index contributed by atoms with van der Waals surface area (Å²) in [5, 5.41) is 0. The number of alkyl halides is 3. The monoisotopic (exact) mass is 422 g/mol. The van der Waals surface area contributed by atoms with Crippen molar-refractivity contribution in [2.75, 3.05) is 13.2 Å². The third kappa shape index (κ3) is 4.76. The van der Waals surface area contributed by atoms with E-state index in [4.69, 9.17) is 4.74 Å². The fourth-order valence-corrected chi connectivity index (χ4v) is 4.04. The topological polar surface area (TPSA) is 43.6 Å². The van der Waals surface area contributed by atoms with Crippen LogP contribution in [0.3, 0.4) is 0 Å². The van der Waals surface area contributed by atoms with Gasteiger partial charge in [-0.2, -0.15) is 18.2 Å². The van der Waals surface area contributed by atoms with E-state index in [2.05, 4.69) is 4.99 Å². The maximum Gasteiger partial charge on any atom is 0.416 e. The van der Waals surface area contributed by atoms with Gasteiger partial charge >= 0.3 is 6.18 Å². The molecule has 0 saturated carbocycles. The second-order valence-corrected chi connectivity index (χ2v) is 7.64. The van der Waals surface area contributed by atoms with Gasteiger partial charge in [0, 0.05) is 18.7 Å². The van der Waals surface area contributed by atoms with Crippen molar-refractivity contribution in [3.8, 4) is 0 Å². The van der Waals surface area contributed by atoms with Crippen molar-refractivity contribution >= 4 is 27.5 Å². The Morgan fingerprint density at radius 2 is 1.90 bits per heavy atom. The molecule has 1 heterocycles. The number of carbonyl (C=O) groups is 1. The molecule has 29 heavy (non-hydrogen) atoms. The van der Waals surface area contributed by atoms with Gasteiger partial charge in [0.15, 0.2) is 4.80 Å². The highest BCUT2D eigenvalue weighted by atomic mass is 32.1. The minimum absolute atomic E-state index is 0.0963. The first-order chi connectivity index (χ1) is 13.7. The number of hydrogen-bond acceptors (Lipinski definition) is 3. The molecule has 1 amide bonds. The standard InChI is InChI=1S/C21H21F3N2O2S/c1-4-28-9-8-26-17-10-13(2)14(3)11-18(17)29-20(26)25-19(27)15-6-5-7-16(12-15)21(22,23)24/h5-7,10-12H,4,8-9H2,1-3H3. The molecule has 3 aromatic rings. The van der Waals surface area contributed by atoms with Crippen LogP contribution in [0.4, 0.5) is 13.2 Å². The van der Waals surface area contributed by atoms with E-state index >= 15 is 0 Å². The quantitative estimate of drug-likeness (QED) is 0.536. The van der Waals surface area contributed by atoms with E-state index < -0.39 is 17.6 Å². The van der Waals surface area contributed by atoms with E-state index in [9.17, 15) is 18.0 Å². The summed E-state index contributed by atoms with van der Waals surface area (Å²) in [6, 6.07) is 8.38. The van der Waals surface area contributed by atoms with E-state index in [1.54, 1.807) is 0 Å². The largest absolute Gasteiger partial charge is 0.416 e. The first kappa shape index (κ1) is 21.3. The van der Waals surface area contributed by atoms with E-state index in [0.717, 1.165) is 33.5 Å². The Morgan fingerprint density at radius 1 is 1.17 bits per heavy atom. The lowest BCUT2D eigenvalue weighted by Crippen LogP contribution is -2.20. The molecule has 0 radical (unpaired) electrons. The highest BCUT2D eigenvalue weighted by Crippen LogP contribution is 2.29. The zero-order chi connectivity index (χ0) is 21.2. The zero-order valence-electron chi connectivity index (χ0n) is 16.3. The van der Waals surface area contributed by atoms with Gasteiger partial charge in [0.1, 0.15) is 0 Å². The Kier molecular flexibility index (Phi) is 6.24. The Bertz CT molecular complexity index is 1110. The van der Waals surface area contributed by atoms with Crippen LogP contribution in [0.2, 0.25) is 0 Å². The maximum atomic E-state index is 13.0. The second kappa shape index (κ2) is 8.51. The summed E-state index contributed by atoms with van der Waals surface area (Å²) in [4.78, 5) is 17.2. The molecule has 0 fully saturated rings. The van der Waals surface area contributed by atoms with E-state index in [-0.39, 0.29) is 5.56 Å². The fourth-order valence-electron chi connectivity index (χ4n) is 2.90. The SMILES string of the molecule is CCOCCn1c(=NC(=O)c2cccc(C(F)(F)F)c2)sc2cc(C)c(C)cc21. The van der Waals surface area contributed by atoms with E-state index in [0.29, 0.717) is 24.6 Å². The molecule has 2 aromatic carbocycles. The summed E-state index contributed by atoms with van der Waals surface area (Å²) in [7, 11) is 0. The number of hydrogen-bond donors (Lipinski definition) is 0. The number of aryl methyl sites for hydroxylation is 2. The molecule has 0 atom stereocenters. The average molecular weight is 422 g/mol. The number of benzene rings is 2. The van der Waals surface area contributed by atoms with Crippen molar-refractivity contribution in [1.82, 2.24) is 4.57 Å². The molecule has 4 nitrogen and oxygen atoms in total. The number of amides is 1. The minimum Gasteiger partial charge on any atom is -0.380 e. The fraction of sp³-hybridized carbons (Fsp3) is 0.333. The number of carbonyl (C=O) groups excluding carboxylic acids is 1. The lowest BCUT2D eigenvalue weighted by molar-refractivity contribution is -0.137. The van der Waals surface area contributed by atoms with Crippen LogP contribution >= 0.6 is 11.3 Å². The first-order valence-corrected chi connectivity index (χ1v) is 9.97. The van der Waals surface area contributed by atoms with Crippen molar-refractivity contribution in [3.63, 3.8) is 0 Å². The van der Waals surface area contributed by atoms with Crippen LogP contribution in [-0.2, 0) is 17.5 Å². The summed E-state index contributed by atoms with van der Waals surface area (Å²) in [6.07, 6.45) is -4.51. The van der Waals surface area contributed by atoms with Crippen LogP contribution in [0, 0.1) is 13.8 Å². The molecular formula is C21H21F3N2O2S. The average Bonchev–Trinajstić information content (AvgIpc) is 2.98. The van der Waals surface area contributed by atoms with Crippen LogP contribution in [0.15, 0.2) is 41.4 Å². The van der Waals surface area contributed by atoms with E-state index in [1.165, 1.54) is 23.5 Å². The van der Waals surface area contributed by atoms with Crippen LogP contribution in [0.5, 0.6) is 0 Å². The second-order valence-electron chi connectivity index (χ2n) is 6.63. The van der Waals surface area contributed by atoms with Crippen molar-refractivity contribution in [1.29, 1.82) is 0 Å². The molecule has 0 aliphatic rings. The normalized spacial score (nSPS) is 12.7. The lowest BCUT2D eigenvalue weighted by Gasteiger charge is -2.08. The van der Waals surface area contributed by atoms with Gasteiger partial charge in [-0.25, -0.2) is 0 Å². The summed E-state index contributed by atoms with van der Waals surface area (Å²) in [5.74, 6) is -0.707. The molecule has 0 bridgehead atoms. The lowest BCUT2D eigenvalue weighted by atomic mass is 10.1. The Balaban J connectivity index is 2.08. The number of rotatable bonds is 5. The molecule has 0 aliphatic carbocycles. The maximum absolute atomic E-state index is 13.0. The van der Waals surface area contributed by atoms with Crippen LogP contribution in [0.1, 0.15) is 34.0 Å². The summed E-state index contributed by atoms with van der Waals surface area (Å²) in [6.45, 7) is 7.40. The number of nitrogens with zero attached hydrogens (tertiary/aromatic N) is 2. The summed E-state index contributed by atoms with van der Waals surface area (Å²) < 4.78 is 47.1. The predicted octanol–water partition coefficient (Wildman–Crippen LogP) is 5.12. The molecule has 0 spiro atoms. The summed E-state index contributed by atoms with van der Waals surface area (Å²) in [5.41, 5.74) is 2.18. The Hall–Kier alpha value is -2.45. The van der Waals surface area contributed by atoms with Gasteiger partial charge in [-0.05, 0) is 62.2 Å². The molecule has 3 rings (SSSR count). The van der Waals surface area contributed by atoms with Gasteiger partial charge < -0.3 is 9.30 Å². The van der Waals surface area contributed by atoms with Gasteiger partial charge in [0.2, 0.25) is 0 Å².